The number of pyridine rings is 1. The molecule has 0 atom stereocenters. The van der Waals surface area contributed by atoms with Gasteiger partial charge >= 0.3 is 0 Å². The molecule has 0 aromatic carbocycles. The molecule has 1 aromatic heterocycles. The number of H-pyrrole nitrogens is 1. The maximum absolute atomic E-state index is 11.3. The maximum Gasteiger partial charge on any atom is 0.290 e. The van der Waals surface area contributed by atoms with Crippen molar-refractivity contribution in [2.45, 2.75) is 26.2 Å². The molecular weight excluding hydrogens is 166 g/mol. The molecule has 1 heterocycles. The monoisotopic (exact) mass is 181 g/mol. The first-order valence-electron chi connectivity index (χ1n) is 4.23. The van der Waals surface area contributed by atoms with Crippen LogP contribution < -0.4 is 10.3 Å². The maximum atomic E-state index is 11.3. The number of hydrogen-bond donors (Lipinski definition) is 1. The summed E-state index contributed by atoms with van der Waals surface area (Å²) in [5, 5.41) is 0. The van der Waals surface area contributed by atoms with E-state index in [1.807, 2.05) is 26.8 Å². The largest absolute Gasteiger partial charge is 0.491 e. The van der Waals surface area contributed by atoms with E-state index < -0.39 is 0 Å². The molecule has 1 N–H and O–H groups in total. The minimum absolute atomic E-state index is 0.0363. The average Bonchev–Trinajstić information content (AvgIpc) is 2.02. The van der Waals surface area contributed by atoms with Crippen LogP contribution in [0.25, 0.3) is 0 Å². The molecular formula is C10H15NO2. The Bertz CT molecular complexity index is 347. The lowest BCUT2D eigenvalue weighted by Crippen LogP contribution is -2.19. The number of methoxy groups -OCH3 is 1. The molecule has 0 spiro atoms. The second kappa shape index (κ2) is 3.24. The van der Waals surface area contributed by atoms with E-state index >= 15 is 0 Å². The first-order chi connectivity index (χ1) is 5.95. The quantitative estimate of drug-likeness (QED) is 0.716. The zero-order chi connectivity index (χ0) is 10.1. The number of nitrogens with one attached hydrogen (secondary N) is 1. The lowest BCUT2D eigenvalue weighted by atomic mass is 9.92. The van der Waals surface area contributed by atoms with Crippen LogP contribution in [0.1, 0.15) is 26.5 Å². The molecule has 1 rings (SSSR count). The van der Waals surface area contributed by atoms with E-state index in [9.17, 15) is 4.79 Å². The molecule has 72 valence electrons. The van der Waals surface area contributed by atoms with Gasteiger partial charge in [0.2, 0.25) is 0 Å². The van der Waals surface area contributed by atoms with Gasteiger partial charge in [-0.15, -0.1) is 0 Å². The molecule has 0 aliphatic rings. The Morgan fingerprint density at radius 1 is 1.31 bits per heavy atom. The lowest BCUT2D eigenvalue weighted by Gasteiger charge is -2.18. The van der Waals surface area contributed by atoms with Gasteiger partial charge in [0.15, 0.2) is 5.75 Å². The van der Waals surface area contributed by atoms with E-state index in [-0.39, 0.29) is 11.0 Å². The van der Waals surface area contributed by atoms with Crippen LogP contribution in [0.5, 0.6) is 5.75 Å². The van der Waals surface area contributed by atoms with Crippen molar-refractivity contribution < 1.29 is 4.74 Å². The van der Waals surface area contributed by atoms with Gasteiger partial charge in [-0.25, -0.2) is 0 Å². The minimum Gasteiger partial charge on any atom is -0.491 e. The fourth-order valence-corrected chi connectivity index (χ4v) is 1.06. The summed E-state index contributed by atoms with van der Waals surface area (Å²) < 4.78 is 4.87. The highest BCUT2D eigenvalue weighted by Gasteiger charge is 2.15. The number of aromatic nitrogens is 1. The van der Waals surface area contributed by atoms with Crippen molar-refractivity contribution in [3.63, 3.8) is 0 Å². The van der Waals surface area contributed by atoms with Crippen LogP contribution in [0.15, 0.2) is 16.9 Å². The van der Waals surface area contributed by atoms with Gasteiger partial charge in [-0.05, 0) is 12.1 Å². The highest BCUT2D eigenvalue weighted by atomic mass is 16.5. The summed E-state index contributed by atoms with van der Waals surface area (Å²) in [5.74, 6) is 0.355. The number of ether oxygens (including phenoxy) is 1. The van der Waals surface area contributed by atoms with Crippen LogP contribution in [-0.4, -0.2) is 12.1 Å². The Kier molecular flexibility index (Phi) is 2.45. The summed E-state index contributed by atoms with van der Waals surface area (Å²) in [6, 6.07) is 3.57. The summed E-state index contributed by atoms with van der Waals surface area (Å²) >= 11 is 0. The molecule has 0 radical (unpaired) electrons. The Morgan fingerprint density at radius 3 is 2.31 bits per heavy atom. The molecule has 3 heteroatoms. The summed E-state index contributed by atoms with van der Waals surface area (Å²) in [6.45, 7) is 6.14. The van der Waals surface area contributed by atoms with Crippen LogP contribution in [0.2, 0.25) is 0 Å². The van der Waals surface area contributed by atoms with Crippen LogP contribution in [-0.2, 0) is 5.41 Å². The number of rotatable bonds is 1. The first-order valence-corrected chi connectivity index (χ1v) is 4.23. The van der Waals surface area contributed by atoms with Crippen LogP contribution in [0, 0.1) is 0 Å². The fraction of sp³-hybridized carbons (Fsp3) is 0.500. The highest BCUT2D eigenvalue weighted by molar-refractivity contribution is 5.23. The van der Waals surface area contributed by atoms with Gasteiger partial charge in [0.25, 0.3) is 5.56 Å². The van der Waals surface area contributed by atoms with Crippen molar-refractivity contribution >= 4 is 0 Å². The van der Waals surface area contributed by atoms with Gasteiger partial charge in [-0.2, -0.15) is 0 Å². The first kappa shape index (κ1) is 9.84. The third-order valence-corrected chi connectivity index (χ3v) is 1.90. The molecule has 0 unspecified atom stereocenters. The second-order valence-electron chi connectivity index (χ2n) is 4.02. The second-order valence-corrected chi connectivity index (χ2v) is 4.02. The Balaban J connectivity index is 3.18. The SMILES string of the molecule is COc1ccc(C(C)(C)C)[nH]c1=O. The molecule has 3 nitrogen and oxygen atoms in total. The lowest BCUT2D eigenvalue weighted by molar-refractivity contribution is 0.406. The molecule has 13 heavy (non-hydrogen) atoms. The van der Waals surface area contributed by atoms with Gasteiger partial charge in [0.1, 0.15) is 0 Å². The zero-order valence-corrected chi connectivity index (χ0v) is 8.47. The predicted molar refractivity (Wildman–Crippen MR) is 52.3 cm³/mol. The molecule has 0 bridgehead atoms. The van der Waals surface area contributed by atoms with Crippen molar-refractivity contribution in [2.75, 3.05) is 7.11 Å². The summed E-state index contributed by atoms with van der Waals surface area (Å²) in [6.07, 6.45) is 0. The third-order valence-electron chi connectivity index (χ3n) is 1.90. The van der Waals surface area contributed by atoms with Crippen molar-refractivity contribution in [1.82, 2.24) is 4.98 Å². The molecule has 0 aliphatic heterocycles. The van der Waals surface area contributed by atoms with Gasteiger partial charge in [-0.1, -0.05) is 20.8 Å². The summed E-state index contributed by atoms with van der Waals surface area (Å²) in [7, 11) is 1.49. The Labute approximate surface area is 77.8 Å². The standard InChI is InChI=1S/C10H15NO2/c1-10(2,3)8-6-5-7(13-4)9(12)11-8/h5-6H,1-4H3,(H,11,12). The van der Waals surface area contributed by atoms with Crippen molar-refractivity contribution in [1.29, 1.82) is 0 Å². The summed E-state index contributed by atoms with van der Waals surface area (Å²) in [5.41, 5.74) is 0.707. The molecule has 1 aromatic rings. The van der Waals surface area contributed by atoms with Crippen LogP contribution in [0.3, 0.4) is 0 Å². The van der Waals surface area contributed by atoms with Gasteiger partial charge < -0.3 is 9.72 Å². The minimum atomic E-state index is -0.171. The van der Waals surface area contributed by atoms with Crippen molar-refractivity contribution in [2.24, 2.45) is 0 Å². The van der Waals surface area contributed by atoms with Crippen LogP contribution in [0.4, 0.5) is 0 Å². The predicted octanol–water partition coefficient (Wildman–Crippen LogP) is 1.68. The highest BCUT2D eigenvalue weighted by Crippen LogP contribution is 2.19. The zero-order valence-electron chi connectivity index (χ0n) is 8.47. The number of aromatic amines is 1. The van der Waals surface area contributed by atoms with Crippen molar-refractivity contribution in [3.8, 4) is 5.75 Å². The van der Waals surface area contributed by atoms with E-state index in [2.05, 4.69) is 4.98 Å². The average molecular weight is 181 g/mol. The van der Waals surface area contributed by atoms with Crippen LogP contribution >= 0.6 is 0 Å². The molecule has 0 amide bonds. The smallest absolute Gasteiger partial charge is 0.290 e. The number of hydrogen-bond acceptors (Lipinski definition) is 2. The van der Waals surface area contributed by atoms with Gasteiger partial charge in [0, 0.05) is 11.1 Å². The normalized spacial score (nSPS) is 11.4. The van der Waals surface area contributed by atoms with Crippen molar-refractivity contribution in [3.05, 3.63) is 28.2 Å². The molecule has 0 aliphatic carbocycles. The Hall–Kier alpha value is -1.25. The topological polar surface area (TPSA) is 42.1 Å². The van der Waals surface area contributed by atoms with E-state index in [1.165, 1.54) is 7.11 Å². The van der Waals surface area contributed by atoms with E-state index in [0.29, 0.717) is 5.75 Å². The fourth-order valence-electron chi connectivity index (χ4n) is 1.06. The third kappa shape index (κ3) is 2.11. The van der Waals surface area contributed by atoms with Gasteiger partial charge in [0.05, 0.1) is 7.11 Å². The molecule has 0 saturated carbocycles. The van der Waals surface area contributed by atoms with E-state index in [4.69, 9.17) is 4.74 Å². The molecule has 0 fully saturated rings. The Morgan fingerprint density at radius 2 is 1.92 bits per heavy atom. The molecule has 0 saturated heterocycles. The van der Waals surface area contributed by atoms with E-state index in [1.54, 1.807) is 6.07 Å². The summed E-state index contributed by atoms with van der Waals surface area (Å²) in [4.78, 5) is 14.1. The van der Waals surface area contributed by atoms with Gasteiger partial charge in [-0.3, -0.25) is 4.79 Å². The van der Waals surface area contributed by atoms with E-state index in [0.717, 1.165) is 5.69 Å².